The summed E-state index contributed by atoms with van der Waals surface area (Å²) in [4.78, 5) is 11.8. The fraction of sp³-hybridized carbons (Fsp3) is 0.0968. The van der Waals surface area contributed by atoms with Gasteiger partial charge in [-0.15, -0.1) is 0 Å². The number of rotatable bonds is 4. The third-order valence-electron chi connectivity index (χ3n) is 6.61. The number of anilines is 3. The van der Waals surface area contributed by atoms with Crippen molar-refractivity contribution in [3.8, 4) is 11.3 Å². The van der Waals surface area contributed by atoms with Gasteiger partial charge >= 0.3 is 0 Å². The van der Waals surface area contributed by atoms with E-state index in [0.717, 1.165) is 27.0 Å². The molecular weight excluding hydrogens is 446 g/mol. The highest BCUT2D eigenvalue weighted by Gasteiger charge is 2.36. The van der Waals surface area contributed by atoms with E-state index < -0.39 is 0 Å². The van der Waals surface area contributed by atoms with Gasteiger partial charge in [-0.05, 0) is 59.7 Å². The van der Waals surface area contributed by atoms with Crippen LogP contribution < -0.4 is 4.90 Å². The zero-order chi connectivity index (χ0) is 23.8. The maximum absolute atomic E-state index is 4.97. The van der Waals surface area contributed by atoms with E-state index in [1.807, 2.05) is 30.5 Å². The Labute approximate surface area is 210 Å². The molecule has 1 aliphatic heterocycles. The van der Waals surface area contributed by atoms with Crippen molar-refractivity contribution in [3.63, 3.8) is 0 Å². The number of para-hydroxylation sites is 2. The first-order valence-corrected chi connectivity index (χ1v) is 12.6. The first kappa shape index (κ1) is 21.6. The molecule has 5 aromatic rings. The Morgan fingerprint density at radius 3 is 2.23 bits per heavy atom. The van der Waals surface area contributed by atoms with E-state index in [1.165, 1.54) is 22.5 Å². The summed E-state index contributed by atoms with van der Waals surface area (Å²) in [5.74, 6) is 0. The number of hydrogen-bond donors (Lipinski definition) is 0. The van der Waals surface area contributed by atoms with Crippen LogP contribution in [-0.4, -0.2) is 9.97 Å². The Kier molecular flexibility index (Phi) is 5.39. The van der Waals surface area contributed by atoms with Gasteiger partial charge in [0.1, 0.15) is 10.1 Å². The Balaban J connectivity index is 1.48. The van der Waals surface area contributed by atoms with E-state index in [9.17, 15) is 0 Å². The molecule has 6 rings (SSSR count). The smallest absolute Gasteiger partial charge is 0.103 e. The largest absolute Gasteiger partial charge is 0.310 e. The molecule has 0 N–H and O–H groups in total. The van der Waals surface area contributed by atoms with Crippen molar-refractivity contribution in [1.29, 1.82) is 0 Å². The topological polar surface area (TPSA) is 29.0 Å². The summed E-state index contributed by atoms with van der Waals surface area (Å²) in [5, 5.41) is 1.88. The molecule has 0 saturated carbocycles. The number of benzene rings is 3. The van der Waals surface area contributed by atoms with Gasteiger partial charge in [0, 0.05) is 22.9 Å². The van der Waals surface area contributed by atoms with E-state index in [1.54, 1.807) is 11.8 Å². The Morgan fingerprint density at radius 2 is 1.40 bits per heavy atom. The molecule has 35 heavy (non-hydrogen) atoms. The molecule has 170 valence electrons. The third-order valence-corrected chi connectivity index (χ3v) is 7.50. The van der Waals surface area contributed by atoms with Gasteiger partial charge in [-0.1, -0.05) is 86.3 Å². The first-order chi connectivity index (χ1) is 17.1. The second-order valence-corrected chi connectivity index (χ2v) is 10.2. The third kappa shape index (κ3) is 3.90. The van der Waals surface area contributed by atoms with Crippen LogP contribution in [0.5, 0.6) is 0 Å². The van der Waals surface area contributed by atoms with Crippen molar-refractivity contribution < 1.29 is 0 Å². The van der Waals surface area contributed by atoms with Gasteiger partial charge in [0.2, 0.25) is 0 Å². The molecule has 3 nitrogen and oxygen atoms in total. The van der Waals surface area contributed by atoms with Gasteiger partial charge in [-0.25, -0.2) is 9.97 Å². The predicted octanol–water partition coefficient (Wildman–Crippen LogP) is 8.40. The summed E-state index contributed by atoms with van der Waals surface area (Å²) in [5.41, 5.74) is 8.16. The molecule has 2 aromatic heterocycles. The molecule has 0 fully saturated rings. The van der Waals surface area contributed by atoms with Gasteiger partial charge in [0.05, 0.1) is 17.1 Å². The zero-order valence-electron chi connectivity index (χ0n) is 19.7. The minimum Gasteiger partial charge on any atom is -0.310 e. The minimum absolute atomic E-state index is 0.111. The van der Waals surface area contributed by atoms with E-state index in [-0.39, 0.29) is 5.41 Å². The second-order valence-electron chi connectivity index (χ2n) is 9.18. The van der Waals surface area contributed by atoms with Crippen LogP contribution in [-0.2, 0) is 5.41 Å². The standard InChI is InChI=1S/C31H25N3S/c1-31(2)24-13-6-7-15-27(24)34(23-11-4-3-5-12-23)28-21-22(18-19-25(28)31)26-14-10-17-30(33-26)35-29-16-8-9-20-32-29/h3-21H,1-2H3. The number of aromatic nitrogens is 2. The monoisotopic (exact) mass is 471 g/mol. The fourth-order valence-corrected chi connectivity index (χ4v) is 5.64. The summed E-state index contributed by atoms with van der Waals surface area (Å²) in [6.45, 7) is 4.63. The summed E-state index contributed by atoms with van der Waals surface area (Å²) in [7, 11) is 0. The molecule has 0 atom stereocenters. The molecule has 3 heterocycles. The van der Waals surface area contributed by atoms with Crippen LogP contribution in [0.4, 0.5) is 17.1 Å². The molecule has 4 heteroatoms. The highest BCUT2D eigenvalue weighted by atomic mass is 32.2. The molecule has 0 aliphatic carbocycles. The average molecular weight is 472 g/mol. The SMILES string of the molecule is CC1(C)c2ccccc2N(c2ccccc2)c2cc(-c3cccc(Sc4ccccn4)n3)ccc21. The van der Waals surface area contributed by atoms with Crippen molar-refractivity contribution in [3.05, 3.63) is 127 Å². The lowest BCUT2D eigenvalue weighted by atomic mass is 9.73. The second kappa shape index (κ2) is 8.71. The normalized spacial score (nSPS) is 13.7. The van der Waals surface area contributed by atoms with Crippen LogP contribution in [0.25, 0.3) is 11.3 Å². The molecule has 0 radical (unpaired) electrons. The van der Waals surface area contributed by atoms with Crippen molar-refractivity contribution in [1.82, 2.24) is 9.97 Å². The average Bonchev–Trinajstić information content (AvgIpc) is 2.90. The minimum atomic E-state index is -0.111. The quantitative estimate of drug-likeness (QED) is 0.263. The van der Waals surface area contributed by atoms with E-state index in [2.05, 4.69) is 109 Å². The van der Waals surface area contributed by atoms with Gasteiger partial charge in [0.25, 0.3) is 0 Å². The molecule has 0 saturated heterocycles. The Hall–Kier alpha value is -3.89. The van der Waals surface area contributed by atoms with Gasteiger partial charge in [-0.3, -0.25) is 0 Å². The molecule has 0 unspecified atom stereocenters. The Bertz CT molecular complexity index is 1500. The van der Waals surface area contributed by atoms with Crippen LogP contribution in [0.15, 0.2) is 125 Å². The van der Waals surface area contributed by atoms with Crippen LogP contribution in [0, 0.1) is 0 Å². The van der Waals surface area contributed by atoms with Crippen molar-refractivity contribution in [2.75, 3.05) is 4.90 Å². The highest BCUT2D eigenvalue weighted by molar-refractivity contribution is 7.99. The maximum atomic E-state index is 4.97. The van der Waals surface area contributed by atoms with Crippen molar-refractivity contribution >= 4 is 28.8 Å². The lowest BCUT2D eigenvalue weighted by Gasteiger charge is -2.42. The number of hydrogen-bond acceptors (Lipinski definition) is 4. The van der Waals surface area contributed by atoms with Crippen LogP contribution >= 0.6 is 11.8 Å². The fourth-order valence-electron chi connectivity index (χ4n) is 4.88. The summed E-state index contributed by atoms with van der Waals surface area (Å²) in [6, 6.07) is 38.2. The van der Waals surface area contributed by atoms with Crippen molar-refractivity contribution in [2.24, 2.45) is 0 Å². The first-order valence-electron chi connectivity index (χ1n) is 11.8. The number of fused-ring (bicyclic) bond motifs is 2. The molecular formula is C31H25N3S. The maximum Gasteiger partial charge on any atom is 0.103 e. The lowest BCUT2D eigenvalue weighted by Crippen LogP contribution is -2.30. The lowest BCUT2D eigenvalue weighted by molar-refractivity contribution is 0.632. The molecule has 0 amide bonds. The van der Waals surface area contributed by atoms with E-state index in [4.69, 9.17) is 4.98 Å². The van der Waals surface area contributed by atoms with Crippen LogP contribution in [0.3, 0.4) is 0 Å². The van der Waals surface area contributed by atoms with Gasteiger partial charge in [-0.2, -0.15) is 0 Å². The molecule has 0 spiro atoms. The summed E-state index contributed by atoms with van der Waals surface area (Å²) < 4.78 is 0. The van der Waals surface area contributed by atoms with Gasteiger partial charge in [0.15, 0.2) is 0 Å². The summed E-state index contributed by atoms with van der Waals surface area (Å²) in [6.07, 6.45) is 1.81. The summed E-state index contributed by atoms with van der Waals surface area (Å²) >= 11 is 1.58. The van der Waals surface area contributed by atoms with Crippen LogP contribution in [0.2, 0.25) is 0 Å². The molecule has 0 bridgehead atoms. The van der Waals surface area contributed by atoms with Crippen LogP contribution in [0.1, 0.15) is 25.0 Å². The highest BCUT2D eigenvalue weighted by Crippen LogP contribution is 2.52. The Morgan fingerprint density at radius 1 is 0.657 bits per heavy atom. The van der Waals surface area contributed by atoms with Gasteiger partial charge < -0.3 is 4.90 Å². The zero-order valence-corrected chi connectivity index (χ0v) is 20.5. The van der Waals surface area contributed by atoms with Crippen molar-refractivity contribution in [2.45, 2.75) is 29.3 Å². The van der Waals surface area contributed by atoms with E-state index >= 15 is 0 Å². The van der Waals surface area contributed by atoms with E-state index in [0.29, 0.717) is 0 Å². The predicted molar refractivity (Wildman–Crippen MR) is 145 cm³/mol. The number of nitrogens with zero attached hydrogens (tertiary/aromatic N) is 3. The molecule has 1 aliphatic rings. The molecule has 3 aromatic carbocycles. The number of pyridine rings is 2.